The number of aromatic hydroxyl groups is 1. The molecule has 2 aromatic carbocycles. The van der Waals surface area contributed by atoms with Crippen LogP contribution in [0.5, 0.6) is 5.75 Å². The number of fused-ring (bicyclic) bond motifs is 1. The van der Waals surface area contributed by atoms with E-state index in [4.69, 9.17) is 16.0 Å². The van der Waals surface area contributed by atoms with Gasteiger partial charge in [-0.2, -0.15) is 0 Å². The Balaban J connectivity index is 1.91. The number of rotatable bonds is 3. The minimum atomic E-state index is -0.591. The number of aryl methyl sites for hydroxylation is 1. The molecule has 0 saturated carbocycles. The van der Waals surface area contributed by atoms with E-state index < -0.39 is 5.63 Å². The van der Waals surface area contributed by atoms with E-state index in [-0.39, 0.29) is 29.2 Å². The largest absolute Gasteiger partial charge is 0.508 e. The highest BCUT2D eigenvalue weighted by Gasteiger charge is 2.15. The quantitative estimate of drug-likeness (QED) is 0.711. The second-order valence-corrected chi connectivity index (χ2v) is 5.85. The summed E-state index contributed by atoms with van der Waals surface area (Å²) in [6.07, 6.45) is -0.114. The van der Waals surface area contributed by atoms with Crippen molar-refractivity contribution in [1.29, 1.82) is 0 Å². The van der Waals surface area contributed by atoms with Crippen molar-refractivity contribution in [3.8, 4) is 5.75 Å². The molecular formula is C18H14ClNO4. The van der Waals surface area contributed by atoms with E-state index in [0.717, 1.165) is 0 Å². The number of carbonyl (C=O) groups is 1. The van der Waals surface area contributed by atoms with Crippen molar-refractivity contribution >= 4 is 34.2 Å². The van der Waals surface area contributed by atoms with Crippen LogP contribution in [0.15, 0.2) is 51.7 Å². The van der Waals surface area contributed by atoms with E-state index in [1.807, 2.05) is 0 Å². The van der Waals surface area contributed by atoms with Gasteiger partial charge in [-0.15, -0.1) is 0 Å². The van der Waals surface area contributed by atoms with E-state index >= 15 is 0 Å². The lowest BCUT2D eigenvalue weighted by Gasteiger charge is -2.09. The third-order valence-electron chi connectivity index (χ3n) is 3.72. The van der Waals surface area contributed by atoms with Crippen LogP contribution < -0.4 is 10.9 Å². The number of anilines is 1. The summed E-state index contributed by atoms with van der Waals surface area (Å²) in [4.78, 5) is 24.4. The molecule has 3 rings (SSSR count). The summed E-state index contributed by atoms with van der Waals surface area (Å²) in [7, 11) is 0. The molecule has 0 bridgehead atoms. The summed E-state index contributed by atoms with van der Waals surface area (Å²) in [5, 5.41) is 13.4. The number of phenolic OH excluding ortho intramolecular Hbond substituents is 1. The number of carbonyl (C=O) groups excluding carboxylic acids is 1. The summed E-state index contributed by atoms with van der Waals surface area (Å²) in [5.41, 5.74) is 1.19. The SMILES string of the molecule is Cc1c(CC(=O)Nc2cccc(Cl)c2)c(=O)oc2cc(O)ccc12. The van der Waals surface area contributed by atoms with Gasteiger partial charge < -0.3 is 14.8 Å². The number of phenols is 1. The number of halogens is 1. The first-order valence-corrected chi connectivity index (χ1v) is 7.62. The highest BCUT2D eigenvalue weighted by Crippen LogP contribution is 2.23. The second-order valence-electron chi connectivity index (χ2n) is 5.41. The summed E-state index contributed by atoms with van der Waals surface area (Å²) in [6.45, 7) is 1.75. The first-order valence-electron chi connectivity index (χ1n) is 7.25. The third-order valence-corrected chi connectivity index (χ3v) is 3.95. The fourth-order valence-electron chi connectivity index (χ4n) is 2.52. The van der Waals surface area contributed by atoms with Crippen LogP contribution in [0, 0.1) is 6.92 Å². The molecule has 1 heterocycles. The van der Waals surface area contributed by atoms with Crippen LogP contribution in [0.4, 0.5) is 5.69 Å². The first kappa shape index (κ1) is 16.1. The molecule has 0 spiro atoms. The predicted molar refractivity (Wildman–Crippen MR) is 92.7 cm³/mol. The molecule has 0 saturated heterocycles. The van der Waals surface area contributed by atoms with Crippen LogP contribution >= 0.6 is 11.6 Å². The lowest BCUT2D eigenvalue weighted by Crippen LogP contribution is -2.20. The van der Waals surface area contributed by atoms with E-state index in [0.29, 0.717) is 21.7 Å². The lowest BCUT2D eigenvalue weighted by molar-refractivity contribution is -0.115. The average molecular weight is 344 g/mol. The zero-order valence-electron chi connectivity index (χ0n) is 12.8. The monoisotopic (exact) mass is 343 g/mol. The maximum Gasteiger partial charge on any atom is 0.340 e. The van der Waals surface area contributed by atoms with Crippen LogP contribution in [0.1, 0.15) is 11.1 Å². The van der Waals surface area contributed by atoms with E-state index in [2.05, 4.69) is 5.32 Å². The van der Waals surface area contributed by atoms with Crippen LogP contribution in [-0.4, -0.2) is 11.0 Å². The Hall–Kier alpha value is -2.79. The Morgan fingerprint density at radius 1 is 1.25 bits per heavy atom. The van der Waals surface area contributed by atoms with E-state index in [1.54, 1.807) is 37.3 Å². The Morgan fingerprint density at radius 2 is 2.04 bits per heavy atom. The van der Waals surface area contributed by atoms with Crippen molar-refractivity contribution in [2.24, 2.45) is 0 Å². The molecule has 5 nitrogen and oxygen atoms in total. The highest BCUT2D eigenvalue weighted by molar-refractivity contribution is 6.30. The first-order chi connectivity index (χ1) is 11.4. The van der Waals surface area contributed by atoms with Gasteiger partial charge in [0.1, 0.15) is 11.3 Å². The summed E-state index contributed by atoms with van der Waals surface area (Å²) < 4.78 is 5.21. The molecule has 0 aliphatic rings. The van der Waals surface area contributed by atoms with Gasteiger partial charge in [-0.1, -0.05) is 17.7 Å². The zero-order chi connectivity index (χ0) is 17.3. The Labute approximate surface area is 142 Å². The Bertz CT molecular complexity index is 994. The zero-order valence-corrected chi connectivity index (χ0v) is 13.6. The van der Waals surface area contributed by atoms with Crippen molar-refractivity contribution in [2.45, 2.75) is 13.3 Å². The van der Waals surface area contributed by atoms with Gasteiger partial charge in [0.15, 0.2) is 0 Å². The molecule has 2 N–H and O–H groups in total. The molecule has 0 fully saturated rings. The van der Waals surface area contributed by atoms with Crippen molar-refractivity contribution < 1.29 is 14.3 Å². The van der Waals surface area contributed by atoms with Gasteiger partial charge in [0.2, 0.25) is 5.91 Å². The van der Waals surface area contributed by atoms with Gasteiger partial charge in [0.05, 0.1) is 12.0 Å². The third kappa shape index (κ3) is 3.26. The Kier molecular flexibility index (Phi) is 4.27. The number of nitrogens with one attached hydrogen (secondary N) is 1. The van der Waals surface area contributed by atoms with Gasteiger partial charge in [-0.25, -0.2) is 4.79 Å². The van der Waals surface area contributed by atoms with Crippen molar-refractivity contribution in [1.82, 2.24) is 0 Å². The van der Waals surface area contributed by atoms with Gasteiger partial charge in [-0.3, -0.25) is 4.79 Å². The fraction of sp³-hybridized carbons (Fsp3) is 0.111. The molecule has 1 aromatic heterocycles. The molecule has 0 radical (unpaired) electrons. The minimum absolute atomic E-state index is 0.0106. The van der Waals surface area contributed by atoms with Gasteiger partial charge in [-0.05, 0) is 42.8 Å². The molecule has 0 unspecified atom stereocenters. The van der Waals surface area contributed by atoms with Crippen molar-refractivity contribution in [3.05, 3.63) is 69.0 Å². The number of hydrogen-bond donors (Lipinski definition) is 2. The number of amides is 1. The maximum atomic E-state index is 12.2. The second kappa shape index (κ2) is 6.37. The summed E-state index contributed by atoms with van der Waals surface area (Å²) in [5.74, 6) is -0.331. The number of hydrogen-bond acceptors (Lipinski definition) is 4. The molecule has 3 aromatic rings. The van der Waals surface area contributed by atoms with Gasteiger partial charge in [0, 0.05) is 22.2 Å². The summed E-state index contributed by atoms with van der Waals surface area (Å²) in [6, 6.07) is 11.3. The van der Waals surface area contributed by atoms with Crippen LogP contribution in [0.2, 0.25) is 5.02 Å². The van der Waals surface area contributed by atoms with Crippen LogP contribution in [-0.2, 0) is 11.2 Å². The smallest absolute Gasteiger partial charge is 0.340 e. The molecule has 0 aliphatic heterocycles. The van der Waals surface area contributed by atoms with Gasteiger partial charge >= 0.3 is 5.63 Å². The van der Waals surface area contributed by atoms with Gasteiger partial charge in [0.25, 0.3) is 0 Å². The topological polar surface area (TPSA) is 79.5 Å². The maximum absolute atomic E-state index is 12.2. The highest BCUT2D eigenvalue weighted by atomic mass is 35.5. The Morgan fingerprint density at radius 3 is 2.79 bits per heavy atom. The molecule has 0 atom stereocenters. The predicted octanol–water partition coefficient (Wildman–Crippen LogP) is 3.64. The van der Waals surface area contributed by atoms with Crippen LogP contribution in [0.25, 0.3) is 11.0 Å². The molecule has 1 amide bonds. The molecular weight excluding hydrogens is 330 g/mol. The molecule has 0 aliphatic carbocycles. The normalized spacial score (nSPS) is 10.8. The summed E-state index contributed by atoms with van der Waals surface area (Å²) >= 11 is 5.88. The van der Waals surface area contributed by atoms with E-state index in [1.165, 1.54) is 12.1 Å². The minimum Gasteiger partial charge on any atom is -0.508 e. The number of benzene rings is 2. The van der Waals surface area contributed by atoms with Crippen molar-refractivity contribution in [3.63, 3.8) is 0 Å². The van der Waals surface area contributed by atoms with Crippen molar-refractivity contribution in [2.75, 3.05) is 5.32 Å². The molecule has 6 heteroatoms. The van der Waals surface area contributed by atoms with Crippen LogP contribution in [0.3, 0.4) is 0 Å². The molecule has 122 valence electrons. The van der Waals surface area contributed by atoms with E-state index in [9.17, 15) is 14.7 Å². The standard InChI is InChI=1S/C18H14ClNO4/c1-10-14-6-5-13(21)8-16(14)24-18(23)15(10)9-17(22)20-12-4-2-3-11(19)7-12/h2-8,21H,9H2,1H3,(H,20,22). The fourth-order valence-corrected chi connectivity index (χ4v) is 2.71. The molecule has 24 heavy (non-hydrogen) atoms. The lowest BCUT2D eigenvalue weighted by atomic mass is 10.0. The average Bonchev–Trinajstić information content (AvgIpc) is 2.51.